The molecule has 0 unspecified atom stereocenters. The van der Waals surface area contributed by atoms with Crippen LogP contribution in [-0.4, -0.2) is 49.8 Å². The molecule has 2 heterocycles. The van der Waals surface area contributed by atoms with Crippen molar-refractivity contribution in [2.75, 3.05) is 50.0 Å². The van der Waals surface area contributed by atoms with Crippen LogP contribution < -0.4 is 10.2 Å². The minimum atomic E-state index is 0.800. The molecule has 1 aliphatic heterocycles. The number of aryl methyl sites for hydroxylation is 1. The summed E-state index contributed by atoms with van der Waals surface area (Å²) in [5.74, 6) is 0.810. The fourth-order valence-corrected chi connectivity index (χ4v) is 3.43. The van der Waals surface area contributed by atoms with Crippen LogP contribution in [0.3, 0.4) is 0 Å². The largest absolute Gasteiger partial charge is 0.369 e. The van der Waals surface area contributed by atoms with Gasteiger partial charge in [-0.15, -0.1) is 0 Å². The molecular weight excluding hydrogens is 324 g/mol. The van der Waals surface area contributed by atoms with Crippen LogP contribution in [0.25, 0.3) is 0 Å². The highest BCUT2D eigenvalue weighted by molar-refractivity contribution is 6.30. The molecule has 0 radical (unpaired) electrons. The van der Waals surface area contributed by atoms with Crippen LogP contribution in [-0.2, 0) is 12.8 Å². The molecule has 130 valence electrons. The van der Waals surface area contributed by atoms with E-state index < -0.39 is 0 Å². The van der Waals surface area contributed by atoms with Crippen LogP contribution >= 0.6 is 11.6 Å². The molecule has 0 atom stereocenters. The second-order valence-electron chi connectivity index (χ2n) is 6.10. The molecule has 1 saturated heterocycles. The zero-order chi connectivity index (χ0) is 16.9. The van der Waals surface area contributed by atoms with Gasteiger partial charge in [-0.3, -0.25) is 4.90 Å². The lowest BCUT2D eigenvalue weighted by atomic mass is 10.1. The van der Waals surface area contributed by atoms with E-state index in [0.717, 1.165) is 62.2 Å². The van der Waals surface area contributed by atoms with E-state index in [-0.39, 0.29) is 0 Å². The highest BCUT2D eigenvalue weighted by atomic mass is 35.5. The highest BCUT2D eigenvalue weighted by Gasteiger charge is 2.19. The molecule has 1 aliphatic rings. The average Bonchev–Trinajstić information content (AvgIpc) is 3.02. The van der Waals surface area contributed by atoms with Crippen molar-refractivity contribution in [1.82, 2.24) is 10.1 Å². The van der Waals surface area contributed by atoms with Crippen molar-refractivity contribution in [1.29, 1.82) is 0 Å². The Balaban J connectivity index is 1.54. The summed E-state index contributed by atoms with van der Waals surface area (Å²) in [7, 11) is 1.88. The topological polar surface area (TPSA) is 44.5 Å². The Morgan fingerprint density at radius 1 is 1.25 bits per heavy atom. The van der Waals surface area contributed by atoms with Crippen LogP contribution in [0.2, 0.25) is 5.02 Å². The Hall–Kier alpha value is -1.72. The van der Waals surface area contributed by atoms with Crippen molar-refractivity contribution in [2.24, 2.45) is 0 Å². The molecule has 24 heavy (non-hydrogen) atoms. The van der Waals surface area contributed by atoms with Crippen molar-refractivity contribution in [3.63, 3.8) is 0 Å². The lowest BCUT2D eigenvalue weighted by Crippen LogP contribution is -2.47. The summed E-state index contributed by atoms with van der Waals surface area (Å²) >= 11 is 6.10. The minimum absolute atomic E-state index is 0.800. The molecule has 0 aliphatic carbocycles. The molecular formula is C18H25ClN4O. The molecule has 5 nitrogen and oxygen atoms in total. The van der Waals surface area contributed by atoms with E-state index in [0.29, 0.717) is 0 Å². The Labute approximate surface area is 148 Å². The average molecular weight is 349 g/mol. The third kappa shape index (κ3) is 3.84. The van der Waals surface area contributed by atoms with Crippen LogP contribution in [0.1, 0.15) is 18.2 Å². The smallest absolute Gasteiger partial charge is 0.227 e. The Bertz CT molecular complexity index is 643. The van der Waals surface area contributed by atoms with Crippen LogP contribution in [0.5, 0.6) is 0 Å². The van der Waals surface area contributed by atoms with Gasteiger partial charge in [-0.2, -0.15) is 0 Å². The number of hydrogen-bond donors (Lipinski definition) is 1. The predicted octanol–water partition coefficient (Wildman–Crippen LogP) is 3.30. The van der Waals surface area contributed by atoms with Gasteiger partial charge < -0.3 is 14.7 Å². The molecule has 3 rings (SSSR count). The Kier molecular flexibility index (Phi) is 5.63. The summed E-state index contributed by atoms with van der Waals surface area (Å²) in [6.07, 6.45) is 1.88. The van der Waals surface area contributed by atoms with Crippen molar-refractivity contribution in [3.05, 3.63) is 40.5 Å². The molecule has 0 spiro atoms. The number of benzene rings is 1. The van der Waals surface area contributed by atoms with Gasteiger partial charge in [-0.05, 0) is 31.0 Å². The summed E-state index contributed by atoms with van der Waals surface area (Å²) in [6, 6.07) is 8.11. The molecule has 2 aromatic rings. The van der Waals surface area contributed by atoms with Gasteiger partial charge in [-0.25, -0.2) is 0 Å². The lowest BCUT2D eigenvalue weighted by Gasteiger charge is -2.36. The van der Waals surface area contributed by atoms with Gasteiger partial charge in [0.1, 0.15) is 0 Å². The summed E-state index contributed by atoms with van der Waals surface area (Å²) in [6.45, 7) is 7.34. The first-order chi connectivity index (χ1) is 11.7. The second-order valence-corrected chi connectivity index (χ2v) is 6.54. The van der Waals surface area contributed by atoms with E-state index in [1.807, 2.05) is 25.2 Å². The molecule has 1 aromatic heterocycles. The number of aromatic nitrogens is 1. The van der Waals surface area contributed by atoms with Gasteiger partial charge in [0.25, 0.3) is 0 Å². The molecule has 0 saturated carbocycles. The summed E-state index contributed by atoms with van der Waals surface area (Å²) in [5.41, 5.74) is 3.50. The molecule has 1 fully saturated rings. The van der Waals surface area contributed by atoms with Gasteiger partial charge in [0.2, 0.25) is 5.88 Å². The SMILES string of the molecule is CCc1noc(NC)c1CCN1CCN(c2cccc(Cl)c2)CC1. The van der Waals surface area contributed by atoms with E-state index in [1.54, 1.807) is 0 Å². The van der Waals surface area contributed by atoms with Gasteiger partial charge in [0, 0.05) is 56.0 Å². The van der Waals surface area contributed by atoms with E-state index in [1.165, 1.54) is 11.3 Å². The maximum atomic E-state index is 6.10. The van der Waals surface area contributed by atoms with Gasteiger partial charge >= 0.3 is 0 Å². The maximum absolute atomic E-state index is 6.10. The number of hydrogen-bond acceptors (Lipinski definition) is 5. The number of nitrogens with one attached hydrogen (secondary N) is 1. The monoisotopic (exact) mass is 348 g/mol. The quantitative estimate of drug-likeness (QED) is 0.867. The molecule has 1 aromatic carbocycles. The molecule has 0 amide bonds. The normalized spacial score (nSPS) is 15.7. The van der Waals surface area contributed by atoms with E-state index in [2.05, 4.69) is 33.3 Å². The highest BCUT2D eigenvalue weighted by Crippen LogP contribution is 2.23. The summed E-state index contributed by atoms with van der Waals surface area (Å²) in [4.78, 5) is 4.91. The summed E-state index contributed by atoms with van der Waals surface area (Å²) in [5, 5.41) is 8.06. The zero-order valence-corrected chi connectivity index (χ0v) is 15.1. The standard InChI is InChI=1S/C18H25ClN4O/c1-3-17-16(18(20-2)24-21-17)7-8-22-9-11-23(12-10-22)15-6-4-5-14(19)13-15/h4-6,13,20H,3,7-12H2,1-2H3. The van der Waals surface area contributed by atoms with Gasteiger partial charge in [0.15, 0.2) is 0 Å². The minimum Gasteiger partial charge on any atom is -0.369 e. The first-order valence-corrected chi connectivity index (χ1v) is 8.97. The number of piperazine rings is 1. The van der Waals surface area contributed by atoms with E-state index >= 15 is 0 Å². The lowest BCUT2D eigenvalue weighted by molar-refractivity contribution is 0.261. The number of nitrogens with zero attached hydrogens (tertiary/aromatic N) is 3. The molecule has 1 N–H and O–H groups in total. The van der Waals surface area contributed by atoms with E-state index in [4.69, 9.17) is 16.1 Å². The fourth-order valence-electron chi connectivity index (χ4n) is 3.25. The number of halogens is 1. The van der Waals surface area contributed by atoms with Crippen molar-refractivity contribution < 1.29 is 4.52 Å². The zero-order valence-electron chi connectivity index (χ0n) is 14.4. The predicted molar refractivity (Wildman–Crippen MR) is 99.2 cm³/mol. The van der Waals surface area contributed by atoms with Crippen molar-refractivity contribution >= 4 is 23.2 Å². The van der Waals surface area contributed by atoms with Crippen LogP contribution in [0.15, 0.2) is 28.8 Å². The Morgan fingerprint density at radius 2 is 2.04 bits per heavy atom. The van der Waals surface area contributed by atoms with Gasteiger partial charge in [-0.1, -0.05) is 29.7 Å². The number of anilines is 2. The molecule has 0 bridgehead atoms. The number of rotatable bonds is 6. The first kappa shape index (κ1) is 17.1. The van der Waals surface area contributed by atoms with Crippen LogP contribution in [0, 0.1) is 0 Å². The Morgan fingerprint density at radius 3 is 2.71 bits per heavy atom. The maximum Gasteiger partial charge on any atom is 0.227 e. The van der Waals surface area contributed by atoms with Crippen molar-refractivity contribution in [3.8, 4) is 0 Å². The van der Waals surface area contributed by atoms with Crippen LogP contribution in [0.4, 0.5) is 11.6 Å². The second kappa shape index (κ2) is 7.90. The van der Waals surface area contributed by atoms with Crippen molar-refractivity contribution in [2.45, 2.75) is 19.8 Å². The third-order valence-electron chi connectivity index (χ3n) is 4.66. The van der Waals surface area contributed by atoms with E-state index in [9.17, 15) is 0 Å². The summed E-state index contributed by atoms with van der Waals surface area (Å²) < 4.78 is 5.36. The first-order valence-electron chi connectivity index (χ1n) is 8.59. The fraction of sp³-hybridized carbons (Fsp3) is 0.500. The third-order valence-corrected chi connectivity index (χ3v) is 4.89. The molecule has 6 heteroatoms. The van der Waals surface area contributed by atoms with Gasteiger partial charge in [0.05, 0.1) is 5.69 Å².